The van der Waals surface area contributed by atoms with Crippen molar-refractivity contribution in [1.82, 2.24) is 20.2 Å². The molecule has 1 amide bonds. The predicted octanol–water partition coefficient (Wildman–Crippen LogP) is 5.54. The van der Waals surface area contributed by atoms with Crippen LogP contribution in [0.4, 0.5) is 20.3 Å². The number of benzene rings is 3. The number of hydrogen-bond acceptors (Lipinski definition) is 6. The van der Waals surface area contributed by atoms with E-state index in [0.717, 1.165) is 0 Å². The van der Waals surface area contributed by atoms with Crippen molar-refractivity contribution in [2.75, 3.05) is 25.0 Å². The summed E-state index contributed by atoms with van der Waals surface area (Å²) in [7, 11) is 0. The molecular formula is C28H24ClF2N5O2. The van der Waals surface area contributed by atoms with Crippen LogP contribution in [-0.2, 0) is 11.4 Å². The lowest BCUT2D eigenvalue weighted by Crippen LogP contribution is -2.48. The molecule has 1 unspecified atom stereocenters. The third-order valence-electron chi connectivity index (χ3n) is 6.29. The third-order valence-corrected chi connectivity index (χ3v) is 6.59. The third kappa shape index (κ3) is 5.44. The van der Waals surface area contributed by atoms with Gasteiger partial charge in [-0.05, 0) is 54.1 Å². The van der Waals surface area contributed by atoms with Crippen molar-refractivity contribution in [3.05, 3.63) is 101 Å². The van der Waals surface area contributed by atoms with E-state index < -0.39 is 11.9 Å². The topological polar surface area (TPSA) is 79.4 Å². The zero-order valence-electron chi connectivity index (χ0n) is 20.3. The molecule has 0 radical (unpaired) electrons. The number of anilines is 2. The zero-order valence-corrected chi connectivity index (χ0v) is 21.0. The molecule has 1 atom stereocenters. The van der Waals surface area contributed by atoms with Gasteiger partial charge in [0.25, 0.3) is 0 Å². The Hall–Kier alpha value is -4.08. The van der Waals surface area contributed by atoms with Gasteiger partial charge in [-0.2, -0.15) is 0 Å². The van der Waals surface area contributed by atoms with E-state index >= 15 is 4.39 Å². The highest BCUT2D eigenvalue weighted by molar-refractivity contribution is 6.32. The molecule has 4 aromatic rings. The largest absolute Gasteiger partial charge is 0.487 e. The normalized spacial score (nSPS) is 15.3. The van der Waals surface area contributed by atoms with Crippen LogP contribution in [0.5, 0.6) is 5.75 Å². The van der Waals surface area contributed by atoms with Crippen LogP contribution in [0.25, 0.3) is 10.9 Å². The van der Waals surface area contributed by atoms with Crippen molar-refractivity contribution in [3.63, 3.8) is 0 Å². The molecule has 5 rings (SSSR count). The average molecular weight is 536 g/mol. The van der Waals surface area contributed by atoms with E-state index in [1.807, 2.05) is 0 Å². The maximum Gasteiger partial charge on any atom is 0.246 e. The van der Waals surface area contributed by atoms with Gasteiger partial charge in [0.15, 0.2) is 0 Å². The molecule has 1 aliphatic rings. The minimum Gasteiger partial charge on any atom is -0.487 e. The van der Waals surface area contributed by atoms with E-state index in [2.05, 4.69) is 27.2 Å². The van der Waals surface area contributed by atoms with E-state index in [1.54, 1.807) is 41.3 Å². The fourth-order valence-corrected chi connectivity index (χ4v) is 4.67. The van der Waals surface area contributed by atoms with Crippen LogP contribution in [0.2, 0.25) is 5.02 Å². The first-order valence-corrected chi connectivity index (χ1v) is 12.3. The summed E-state index contributed by atoms with van der Waals surface area (Å²) in [6.07, 6.45) is 2.63. The minimum atomic E-state index is -0.483. The lowest BCUT2D eigenvalue weighted by Gasteiger charge is -2.36. The van der Waals surface area contributed by atoms with E-state index in [1.165, 1.54) is 30.6 Å². The van der Waals surface area contributed by atoms with E-state index in [9.17, 15) is 9.18 Å². The Bertz CT molecular complexity index is 1520. The van der Waals surface area contributed by atoms with Crippen molar-refractivity contribution in [1.29, 1.82) is 0 Å². The Labute approximate surface area is 223 Å². The Kier molecular flexibility index (Phi) is 7.48. The quantitative estimate of drug-likeness (QED) is 0.302. The summed E-state index contributed by atoms with van der Waals surface area (Å²) in [6, 6.07) is 13.8. The van der Waals surface area contributed by atoms with Gasteiger partial charge in [-0.25, -0.2) is 18.7 Å². The molecule has 194 valence electrons. The highest BCUT2D eigenvalue weighted by Gasteiger charge is 2.29. The van der Waals surface area contributed by atoms with Crippen LogP contribution < -0.4 is 15.4 Å². The smallest absolute Gasteiger partial charge is 0.246 e. The molecule has 3 aromatic carbocycles. The van der Waals surface area contributed by atoms with Gasteiger partial charge < -0.3 is 20.3 Å². The second-order valence-electron chi connectivity index (χ2n) is 8.76. The molecule has 7 nitrogen and oxygen atoms in total. The highest BCUT2D eigenvalue weighted by Crippen LogP contribution is 2.33. The molecule has 0 bridgehead atoms. The lowest BCUT2D eigenvalue weighted by atomic mass is 10.0. The van der Waals surface area contributed by atoms with E-state index in [-0.39, 0.29) is 18.3 Å². The molecular weight excluding hydrogens is 512 g/mol. The number of fused-ring (bicyclic) bond motifs is 1. The Balaban J connectivity index is 1.37. The van der Waals surface area contributed by atoms with Gasteiger partial charge in [-0.15, -0.1) is 0 Å². The van der Waals surface area contributed by atoms with Crippen LogP contribution in [0, 0.1) is 11.6 Å². The molecule has 0 spiro atoms. The number of amides is 1. The average Bonchev–Trinajstić information content (AvgIpc) is 2.92. The summed E-state index contributed by atoms with van der Waals surface area (Å²) >= 11 is 6.42. The predicted molar refractivity (Wildman–Crippen MR) is 142 cm³/mol. The van der Waals surface area contributed by atoms with Gasteiger partial charge >= 0.3 is 0 Å². The SMILES string of the molecule is C=CC(=O)N1CCNCC1c1cc2ncnc(Nc3ccc(OCc4cccc(F)c4)c(Cl)c3)c2cc1F. The first kappa shape index (κ1) is 25.6. The van der Waals surface area contributed by atoms with Crippen molar-refractivity contribution in [2.45, 2.75) is 12.6 Å². The second kappa shape index (κ2) is 11.1. The van der Waals surface area contributed by atoms with Crippen LogP contribution in [0.3, 0.4) is 0 Å². The highest BCUT2D eigenvalue weighted by atomic mass is 35.5. The number of carbonyl (C=O) groups is 1. The molecule has 0 aliphatic carbocycles. The van der Waals surface area contributed by atoms with Crippen LogP contribution in [0.1, 0.15) is 17.2 Å². The number of aromatic nitrogens is 2. The second-order valence-corrected chi connectivity index (χ2v) is 9.16. The maximum atomic E-state index is 15.4. The maximum absolute atomic E-state index is 15.4. The van der Waals surface area contributed by atoms with Gasteiger partial charge in [0, 0.05) is 36.3 Å². The molecule has 1 saturated heterocycles. The summed E-state index contributed by atoms with van der Waals surface area (Å²) in [6.45, 7) is 5.22. The molecule has 10 heteroatoms. The molecule has 2 N–H and O–H groups in total. The summed E-state index contributed by atoms with van der Waals surface area (Å²) in [4.78, 5) is 22.6. The first-order valence-electron chi connectivity index (χ1n) is 11.9. The van der Waals surface area contributed by atoms with Crippen LogP contribution >= 0.6 is 11.6 Å². The minimum absolute atomic E-state index is 0.161. The number of hydrogen-bond donors (Lipinski definition) is 2. The van der Waals surface area contributed by atoms with E-state index in [4.69, 9.17) is 16.3 Å². The monoisotopic (exact) mass is 535 g/mol. The summed E-state index contributed by atoms with van der Waals surface area (Å²) < 4.78 is 34.5. The fraction of sp³-hybridized carbons (Fsp3) is 0.179. The van der Waals surface area contributed by atoms with Crippen molar-refractivity contribution >= 4 is 39.9 Å². The summed E-state index contributed by atoms with van der Waals surface area (Å²) in [5, 5.41) is 7.19. The Morgan fingerprint density at radius 3 is 2.87 bits per heavy atom. The van der Waals surface area contributed by atoms with Crippen molar-refractivity contribution < 1.29 is 18.3 Å². The fourth-order valence-electron chi connectivity index (χ4n) is 4.43. The van der Waals surface area contributed by atoms with Gasteiger partial charge in [-0.3, -0.25) is 4.79 Å². The molecule has 0 saturated carbocycles. The lowest BCUT2D eigenvalue weighted by molar-refractivity contribution is -0.129. The van der Waals surface area contributed by atoms with Crippen molar-refractivity contribution in [2.24, 2.45) is 0 Å². The number of piperazine rings is 1. The van der Waals surface area contributed by atoms with Gasteiger partial charge in [0.1, 0.15) is 36.1 Å². The molecule has 38 heavy (non-hydrogen) atoms. The number of nitrogens with zero attached hydrogens (tertiary/aromatic N) is 3. The number of rotatable bonds is 7. The van der Waals surface area contributed by atoms with Crippen molar-refractivity contribution in [3.8, 4) is 5.75 Å². The number of ether oxygens (including phenoxy) is 1. The molecule has 1 fully saturated rings. The van der Waals surface area contributed by atoms with Crippen LogP contribution in [-0.4, -0.2) is 40.4 Å². The standard InChI is InChI=1S/C28H24ClF2N5O2/c1-2-27(37)36-9-8-32-14-25(36)20-13-24-21(12-23(20)31)28(34-16-33-24)35-19-6-7-26(22(29)11-19)38-15-17-4-3-5-18(30)10-17/h2-7,10-13,16,25,32H,1,8-9,14-15H2,(H,33,34,35). The number of carbonyl (C=O) groups excluding carboxylic acids is 1. The summed E-state index contributed by atoms with van der Waals surface area (Å²) in [5.41, 5.74) is 2.18. The van der Waals surface area contributed by atoms with Gasteiger partial charge in [0.2, 0.25) is 5.91 Å². The van der Waals surface area contributed by atoms with E-state index in [0.29, 0.717) is 63.9 Å². The Morgan fingerprint density at radius 2 is 2.08 bits per heavy atom. The Morgan fingerprint density at radius 1 is 1.21 bits per heavy atom. The molecule has 1 aliphatic heterocycles. The van der Waals surface area contributed by atoms with Gasteiger partial charge in [0.05, 0.1) is 16.6 Å². The number of halogens is 3. The zero-order chi connectivity index (χ0) is 26.6. The first-order chi connectivity index (χ1) is 18.4. The van der Waals surface area contributed by atoms with Crippen LogP contribution in [0.15, 0.2) is 73.6 Å². The molecule has 1 aromatic heterocycles. The molecule has 2 heterocycles. The summed E-state index contributed by atoms with van der Waals surface area (Å²) in [5.74, 6) is -0.225. The number of nitrogens with one attached hydrogen (secondary N) is 2. The van der Waals surface area contributed by atoms with Gasteiger partial charge in [-0.1, -0.05) is 30.3 Å².